The fourth-order valence-corrected chi connectivity index (χ4v) is 2.72. The summed E-state index contributed by atoms with van der Waals surface area (Å²) in [5, 5.41) is 13.3. The number of nitrogens with one attached hydrogen (secondary N) is 2. The highest BCUT2D eigenvalue weighted by Gasteiger charge is 2.24. The lowest BCUT2D eigenvalue weighted by Crippen LogP contribution is -2.35. The number of sulfonamides is 1. The van der Waals surface area contributed by atoms with Gasteiger partial charge < -0.3 is 11.1 Å². The fourth-order valence-electron chi connectivity index (χ4n) is 1.52. The highest BCUT2D eigenvalue weighted by atomic mass is 35.5. The second kappa shape index (κ2) is 9.30. The molecule has 4 N–H and O–H groups in total. The number of nitro benzene ring substituents is 1. The van der Waals surface area contributed by atoms with Crippen LogP contribution in [0.3, 0.4) is 0 Å². The van der Waals surface area contributed by atoms with Crippen LogP contribution in [0.25, 0.3) is 0 Å². The number of benzene rings is 1. The van der Waals surface area contributed by atoms with Gasteiger partial charge in [-0.1, -0.05) is 12.1 Å². The van der Waals surface area contributed by atoms with Gasteiger partial charge in [-0.15, -0.1) is 12.4 Å². The lowest BCUT2D eigenvalue weighted by Gasteiger charge is -2.08. The number of nitro groups is 1. The highest BCUT2D eigenvalue weighted by Crippen LogP contribution is 2.22. The Kier molecular flexibility index (Phi) is 8.56. The maximum absolute atomic E-state index is 12.0. The molecule has 0 fully saturated rings. The van der Waals surface area contributed by atoms with Gasteiger partial charge >= 0.3 is 0 Å². The molecule has 0 saturated carbocycles. The lowest BCUT2D eigenvalue weighted by atomic mass is 10.3. The van der Waals surface area contributed by atoms with E-state index in [0.717, 1.165) is 12.1 Å². The first-order chi connectivity index (χ1) is 9.88. The number of nitrogens with two attached hydrogens (primary N) is 1. The minimum Gasteiger partial charge on any atom is -0.355 e. The number of rotatable bonds is 8. The van der Waals surface area contributed by atoms with Crippen LogP contribution in [0.1, 0.15) is 6.42 Å². The van der Waals surface area contributed by atoms with E-state index in [4.69, 9.17) is 5.73 Å². The molecule has 0 aliphatic heterocycles. The topological polar surface area (TPSA) is 144 Å². The lowest BCUT2D eigenvalue weighted by molar-refractivity contribution is -0.387. The van der Waals surface area contributed by atoms with Crippen LogP contribution >= 0.6 is 12.4 Å². The largest absolute Gasteiger partial charge is 0.355 e. The van der Waals surface area contributed by atoms with Gasteiger partial charge in [-0.3, -0.25) is 14.9 Å². The van der Waals surface area contributed by atoms with E-state index < -0.39 is 25.5 Å². The van der Waals surface area contributed by atoms with Gasteiger partial charge in [0.25, 0.3) is 5.69 Å². The predicted molar refractivity (Wildman–Crippen MR) is 82.2 cm³/mol. The van der Waals surface area contributed by atoms with Crippen molar-refractivity contribution in [2.24, 2.45) is 5.73 Å². The molecule has 22 heavy (non-hydrogen) atoms. The maximum atomic E-state index is 12.0. The number of carbonyl (C=O) groups is 1. The average molecular weight is 353 g/mol. The highest BCUT2D eigenvalue weighted by molar-refractivity contribution is 7.89. The number of halogens is 1. The van der Waals surface area contributed by atoms with Crippen molar-refractivity contribution in [2.75, 3.05) is 19.6 Å². The number of para-hydroxylation sites is 1. The van der Waals surface area contributed by atoms with Crippen LogP contribution in [-0.4, -0.2) is 38.9 Å². The Labute approximate surface area is 133 Å². The van der Waals surface area contributed by atoms with E-state index in [2.05, 4.69) is 10.0 Å². The molecule has 0 unspecified atom stereocenters. The van der Waals surface area contributed by atoms with Crippen LogP contribution in [0.4, 0.5) is 5.69 Å². The SMILES string of the molecule is Cl.NCCC(=O)NCCNS(=O)(=O)c1ccccc1[N+](=O)[O-]. The van der Waals surface area contributed by atoms with Crippen LogP contribution in [0.2, 0.25) is 0 Å². The summed E-state index contributed by atoms with van der Waals surface area (Å²) in [7, 11) is -4.01. The predicted octanol–water partition coefficient (Wildman–Crippen LogP) is -0.240. The van der Waals surface area contributed by atoms with Crippen molar-refractivity contribution >= 4 is 34.0 Å². The molecule has 1 aromatic rings. The van der Waals surface area contributed by atoms with Gasteiger partial charge in [0.2, 0.25) is 15.9 Å². The fraction of sp³-hybridized carbons (Fsp3) is 0.364. The van der Waals surface area contributed by atoms with Crippen LogP contribution < -0.4 is 15.8 Å². The number of amides is 1. The second-order valence-electron chi connectivity index (χ2n) is 4.01. The third-order valence-electron chi connectivity index (χ3n) is 2.46. The number of hydrogen-bond acceptors (Lipinski definition) is 6. The van der Waals surface area contributed by atoms with Gasteiger partial charge in [-0.25, -0.2) is 13.1 Å². The molecule has 0 spiro atoms. The smallest absolute Gasteiger partial charge is 0.289 e. The Balaban J connectivity index is 0.00000441. The minimum atomic E-state index is -4.01. The molecule has 0 radical (unpaired) electrons. The van der Waals surface area contributed by atoms with Crippen molar-refractivity contribution in [1.29, 1.82) is 0 Å². The standard InChI is InChI=1S/C11H16N4O5S.ClH/c12-6-5-11(16)13-7-8-14-21(19,20)10-4-2-1-3-9(10)15(17)18;/h1-4,14H,5-8,12H2,(H,13,16);1H. The van der Waals surface area contributed by atoms with Gasteiger partial charge in [0.1, 0.15) is 0 Å². The molecule has 1 rings (SSSR count). The Morgan fingerprint density at radius 1 is 1.27 bits per heavy atom. The van der Waals surface area contributed by atoms with Gasteiger partial charge in [0, 0.05) is 32.1 Å². The summed E-state index contributed by atoms with van der Waals surface area (Å²) in [4.78, 5) is 20.7. The van der Waals surface area contributed by atoms with Crippen LogP contribution in [0.5, 0.6) is 0 Å². The summed E-state index contributed by atoms with van der Waals surface area (Å²) in [5.41, 5.74) is 4.69. The first-order valence-corrected chi connectivity index (χ1v) is 7.56. The van der Waals surface area contributed by atoms with E-state index >= 15 is 0 Å². The molecule has 1 aromatic carbocycles. The molecule has 0 atom stereocenters. The Hall–Kier alpha value is -1.75. The zero-order valence-electron chi connectivity index (χ0n) is 11.5. The Bertz CT molecular complexity index is 623. The van der Waals surface area contributed by atoms with Gasteiger partial charge in [-0.2, -0.15) is 0 Å². The number of carbonyl (C=O) groups excluding carboxylic acids is 1. The second-order valence-corrected chi connectivity index (χ2v) is 5.75. The van der Waals surface area contributed by atoms with Crippen molar-refractivity contribution in [1.82, 2.24) is 10.0 Å². The van der Waals surface area contributed by atoms with Crippen molar-refractivity contribution < 1.29 is 18.1 Å². The maximum Gasteiger partial charge on any atom is 0.289 e. The summed E-state index contributed by atoms with van der Waals surface area (Å²) in [5.74, 6) is -0.289. The molecule has 1 amide bonds. The molecule has 0 aliphatic rings. The van der Waals surface area contributed by atoms with Crippen LogP contribution in [0, 0.1) is 10.1 Å². The molecular formula is C11H17ClN4O5S. The number of hydrogen-bond donors (Lipinski definition) is 3. The molecule has 0 bridgehead atoms. The third-order valence-corrected chi connectivity index (χ3v) is 3.97. The average Bonchev–Trinajstić information content (AvgIpc) is 2.44. The summed E-state index contributed by atoms with van der Waals surface area (Å²) < 4.78 is 26.1. The van der Waals surface area contributed by atoms with E-state index in [1.165, 1.54) is 12.1 Å². The molecule has 0 aliphatic carbocycles. The zero-order valence-corrected chi connectivity index (χ0v) is 13.2. The summed E-state index contributed by atoms with van der Waals surface area (Å²) >= 11 is 0. The van der Waals surface area contributed by atoms with Crippen LogP contribution in [0.15, 0.2) is 29.2 Å². The molecule has 0 aromatic heterocycles. The summed E-state index contributed by atoms with van der Waals surface area (Å²) in [6, 6.07) is 5.03. The van der Waals surface area contributed by atoms with Crippen molar-refractivity contribution in [3.8, 4) is 0 Å². The zero-order chi connectivity index (χ0) is 15.9. The van der Waals surface area contributed by atoms with Crippen molar-refractivity contribution in [2.45, 2.75) is 11.3 Å². The van der Waals surface area contributed by atoms with Crippen molar-refractivity contribution in [3.05, 3.63) is 34.4 Å². The van der Waals surface area contributed by atoms with E-state index in [9.17, 15) is 23.3 Å². The summed E-state index contributed by atoms with van der Waals surface area (Å²) in [6.07, 6.45) is 0.150. The Morgan fingerprint density at radius 2 is 1.91 bits per heavy atom. The summed E-state index contributed by atoms with van der Waals surface area (Å²) in [6.45, 7) is 0.192. The normalized spacial score (nSPS) is 10.6. The first-order valence-electron chi connectivity index (χ1n) is 6.08. The van der Waals surface area contributed by atoms with E-state index in [0.29, 0.717) is 0 Å². The van der Waals surface area contributed by atoms with Crippen LogP contribution in [-0.2, 0) is 14.8 Å². The Morgan fingerprint density at radius 3 is 2.50 bits per heavy atom. The van der Waals surface area contributed by atoms with Crippen molar-refractivity contribution in [3.63, 3.8) is 0 Å². The van der Waals surface area contributed by atoms with Gasteiger partial charge in [-0.05, 0) is 6.07 Å². The van der Waals surface area contributed by atoms with E-state index in [1.807, 2.05) is 0 Å². The molecule has 11 heteroatoms. The molecular weight excluding hydrogens is 336 g/mol. The van der Waals surface area contributed by atoms with Gasteiger partial charge in [0.05, 0.1) is 4.92 Å². The van der Waals surface area contributed by atoms with E-state index in [1.54, 1.807) is 0 Å². The quantitative estimate of drug-likeness (QED) is 0.334. The molecule has 9 nitrogen and oxygen atoms in total. The minimum absolute atomic E-state index is 0. The molecule has 124 valence electrons. The third kappa shape index (κ3) is 5.93. The first kappa shape index (κ1) is 20.2. The van der Waals surface area contributed by atoms with E-state index in [-0.39, 0.29) is 44.4 Å². The van der Waals surface area contributed by atoms with Gasteiger partial charge in [0.15, 0.2) is 4.90 Å². The molecule has 0 heterocycles. The number of nitrogens with zero attached hydrogens (tertiary/aromatic N) is 1. The monoisotopic (exact) mass is 352 g/mol. The molecule has 0 saturated heterocycles.